The minimum absolute atomic E-state index is 0.264. The molecule has 0 spiro atoms. The number of nitrogens with zero attached hydrogens (tertiary/aromatic N) is 2. The number of thioether (sulfide) groups is 1. The third kappa shape index (κ3) is 3.51. The predicted octanol–water partition coefficient (Wildman–Crippen LogP) is 1.57. The van der Waals surface area contributed by atoms with Gasteiger partial charge in [-0.1, -0.05) is 11.8 Å². The van der Waals surface area contributed by atoms with E-state index in [1.54, 1.807) is 12.3 Å². The number of rotatable bonds is 4. The van der Waals surface area contributed by atoms with Gasteiger partial charge in [0.2, 0.25) is 0 Å². The SMILES string of the molecule is Cc1ccnc(SCC(Cl)C(=O)O)n1. The molecule has 0 aliphatic rings. The van der Waals surface area contributed by atoms with Crippen molar-refractivity contribution in [2.45, 2.75) is 17.5 Å². The van der Waals surface area contributed by atoms with E-state index in [1.165, 1.54) is 11.8 Å². The number of carboxylic acid groups (broad SMARTS) is 1. The van der Waals surface area contributed by atoms with Gasteiger partial charge in [-0.2, -0.15) is 0 Å². The zero-order chi connectivity index (χ0) is 10.6. The molecule has 0 aliphatic carbocycles. The summed E-state index contributed by atoms with van der Waals surface area (Å²) < 4.78 is 0. The molecule has 0 aromatic carbocycles. The molecule has 14 heavy (non-hydrogen) atoms. The number of halogens is 1. The topological polar surface area (TPSA) is 63.1 Å². The van der Waals surface area contributed by atoms with E-state index >= 15 is 0 Å². The Bertz CT molecular complexity index is 335. The first kappa shape index (κ1) is 11.3. The first-order chi connectivity index (χ1) is 6.59. The van der Waals surface area contributed by atoms with Crippen molar-refractivity contribution in [1.29, 1.82) is 0 Å². The zero-order valence-corrected chi connectivity index (χ0v) is 9.05. The first-order valence-corrected chi connectivity index (χ1v) is 5.31. The number of aryl methyl sites for hydroxylation is 1. The zero-order valence-electron chi connectivity index (χ0n) is 7.48. The van der Waals surface area contributed by atoms with Crippen molar-refractivity contribution in [2.24, 2.45) is 0 Å². The highest BCUT2D eigenvalue weighted by Gasteiger charge is 2.14. The van der Waals surface area contributed by atoms with Crippen LogP contribution in [0, 0.1) is 6.92 Å². The van der Waals surface area contributed by atoms with Crippen LogP contribution in [0.25, 0.3) is 0 Å². The molecule has 0 saturated carbocycles. The first-order valence-electron chi connectivity index (χ1n) is 3.89. The predicted molar refractivity (Wildman–Crippen MR) is 54.8 cm³/mol. The molecule has 6 heteroatoms. The number of aromatic nitrogens is 2. The Hall–Kier alpha value is -0.810. The molecular weight excluding hydrogens is 224 g/mol. The molecule has 4 nitrogen and oxygen atoms in total. The van der Waals surface area contributed by atoms with Gasteiger partial charge in [0, 0.05) is 17.6 Å². The molecule has 0 saturated heterocycles. The lowest BCUT2D eigenvalue weighted by atomic mass is 10.5. The minimum Gasteiger partial charge on any atom is -0.480 e. The monoisotopic (exact) mass is 232 g/mol. The van der Waals surface area contributed by atoms with E-state index in [9.17, 15) is 4.79 Å². The highest BCUT2D eigenvalue weighted by Crippen LogP contribution is 2.15. The second-order valence-electron chi connectivity index (χ2n) is 2.60. The molecule has 0 radical (unpaired) electrons. The van der Waals surface area contributed by atoms with Crippen LogP contribution in [0.2, 0.25) is 0 Å². The Morgan fingerprint density at radius 1 is 1.79 bits per heavy atom. The van der Waals surface area contributed by atoms with Crippen molar-refractivity contribution in [3.63, 3.8) is 0 Å². The molecule has 76 valence electrons. The molecule has 0 bridgehead atoms. The van der Waals surface area contributed by atoms with Gasteiger partial charge in [-0.05, 0) is 13.0 Å². The van der Waals surface area contributed by atoms with E-state index in [0.29, 0.717) is 5.16 Å². The van der Waals surface area contributed by atoms with Gasteiger partial charge in [-0.15, -0.1) is 11.6 Å². The lowest BCUT2D eigenvalue weighted by Gasteiger charge is -2.02. The van der Waals surface area contributed by atoms with Gasteiger partial charge in [0.15, 0.2) is 5.16 Å². The molecule has 0 aliphatic heterocycles. The van der Waals surface area contributed by atoms with Gasteiger partial charge < -0.3 is 5.11 Å². The summed E-state index contributed by atoms with van der Waals surface area (Å²) >= 11 is 6.77. The maximum absolute atomic E-state index is 10.4. The molecule has 1 aromatic heterocycles. The van der Waals surface area contributed by atoms with E-state index in [0.717, 1.165) is 5.69 Å². The summed E-state index contributed by atoms with van der Waals surface area (Å²) in [6.45, 7) is 1.85. The van der Waals surface area contributed by atoms with Crippen LogP contribution in [0.1, 0.15) is 5.69 Å². The van der Waals surface area contributed by atoms with E-state index in [-0.39, 0.29) is 5.75 Å². The molecule has 1 heterocycles. The largest absolute Gasteiger partial charge is 0.480 e. The fourth-order valence-electron chi connectivity index (χ4n) is 0.714. The second-order valence-corrected chi connectivity index (χ2v) is 4.11. The van der Waals surface area contributed by atoms with Crippen LogP contribution >= 0.6 is 23.4 Å². The molecule has 1 unspecified atom stereocenters. The standard InChI is InChI=1S/C8H9ClN2O2S/c1-5-2-3-10-8(11-5)14-4-6(9)7(12)13/h2-3,6H,4H2,1H3,(H,12,13). The fraction of sp³-hybridized carbons (Fsp3) is 0.375. The average Bonchev–Trinajstić information content (AvgIpc) is 2.14. The van der Waals surface area contributed by atoms with E-state index in [2.05, 4.69) is 9.97 Å². The van der Waals surface area contributed by atoms with Crippen molar-refractivity contribution in [3.8, 4) is 0 Å². The lowest BCUT2D eigenvalue weighted by molar-refractivity contribution is -0.136. The molecule has 1 N–H and O–H groups in total. The highest BCUT2D eigenvalue weighted by atomic mass is 35.5. The number of carbonyl (C=O) groups is 1. The Kier molecular flexibility index (Phi) is 4.16. The van der Waals surface area contributed by atoms with Crippen LogP contribution in [-0.2, 0) is 4.79 Å². The smallest absolute Gasteiger partial charge is 0.322 e. The Balaban J connectivity index is 2.49. The van der Waals surface area contributed by atoms with Gasteiger partial charge in [0.1, 0.15) is 5.38 Å². The van der Waals surface area contributed by atoms with Crippen LogP contribution in [0.3, 0.4) is 0 Å². The summed E-state index contributed by atoms with van der Waals surface area (Å²) in [5, 5.41) is 8.18. The summed E-state index contributed by atoms with van der Waals surface area (Å²) in [6.07, 6.45) is 1.63. The summed E-state index contributed by atoms with van der Waals surface area (Å²) in [5.74, 6) is -0.757. The van der Waals surface area contributed by atoms with Crippen molar-refractivity contribution >= 4 is 29.3 Å². The van der Waals surface area contributed by atoms with Gasteiger partial charge in [0.05, 0.1) is 0 Å². The van der Waals surface area contributed by atoms with Gasteiger partial charge in [-0.25, -0.2) is 9.97 Å². The lowest BCUT2D eigenvalue weighted by Crippen LogP contribution is -2.15. The third-order valence-electron chi connectivity index (χ3n) is 1.40. The van der Waals surface area contributed by atoms with Gasteiger partial charge >= 0.3 is 5.97 Å². The van der Waals surface area contributed by atoms with Gasteiger partial charge in [-0.3, -0.25) is 4.79 Å². The molecule has 0 fully saturated rings. The number of alkyl halides is 1. The average molecular weight is 233 g/mol. The van der Waals surface area contributed by atoms with Crippen molar-refractivity contribution < 1.29 is 9.90 Å². The Morgan fingerprint density at radius 2 is 2.50 bits per heavy atom. The summed E-state index contributed by atoms with van der Waals surface area (Å²) in [5.41, 5.74) is 0.851. The van der Waals surface area contributed by atoms with Crippen LogP contribution in [0.4, 0.5) is 0 Å². The molecule has 1 rings (SSSR count). The maximum Gasteiger partial charge on any atom is 0.322 e. The number of aliphatic carboxylic acids is 1. The summed E-state index contributed by atoms with van der Waals surface area (Å²) in [4.78, 5) is 18.5. The van der Waals surface area contributed by atoms with Crippen molar-refractivity contribution in [2.75, 3.05) is 5.75 Å². The van der Waals surface area contributed by atoms with E-state index < -0.39 is 11.3 Å². The quantitative estimate of drug-likeness (QED) is 0.485. The van der Waals surface area contributed by atoms with Crippen molar-refractivity contribution in [1.82, 2.24) is 9.97 Å². The maximum atomic E-state index is 10.4. The van der Waals surface area contributed by atoms with Crippen LogP contribution in [0.5, 0.6) is 0 Å². The van der Waals surface area contributed by atoms with Crippen LogP contribution in [0.15, 0.2) is 17.4 Å². The third-order valence-corrected chi connectivity index (χ3v) is 2.88. The van der Waals surface area contributed by atoms with Crippen molar-refractivity contribution in [3.05, 3.63) is 18.0 Å². The molecule has 1 atom stereocenters. The van der Waals surface area contributed by atoms with Crippen LogP contribution < -0.4 is 0 Å². The molecular formula is C8H9ClN2O2S. The number of hydrogen-bond donors (Lipinski definition) is 1. The highest BCUT2D eigenvalue weighted by molar-refractivity contribution is 7.99. The Morgan fingerprint density at radius 3 is 3.07 bits per heavy atom. The van der Waals surface area contributed by atoms with E-state index in [1.807, 2.05) is 6.92 Å². The summed E-state index contributed by atoms with van der Waals surface area (Å²) in [6, 6.07) is 1.78. The number of carboxylic acids is 1. The summed E-state index contributed by atoms with van der Waals surface area (Å²) in [7, 11) is 0. The minimum atomic E-state index is -1.02. The van der Waals surface area contributed by atoms with Crippen LogP contribution in [-0.4, -0.2) is 32.2 Å². The van der Waals surface area contributed by atoms with Gasteiger partial charge in [0.25, 0.3) is 0 Å². The molecule has 1 aromatic rings. The second kappa shape index (κ2) is 5.17. The normalized spacial score (nSPS) is 12.4. The Labute approximate surface area is 90.7 Å². The number of hydrogen-bond acceptors (Lipinski definition) is 4. The van der Waals surface area contributed by atoms with E-state index in [4.69, 9.17) is 16.7 Å². The fourth-order valence-corrected chi connectivity index (χ4v) is 1.69. The molecule has 0 amide bonds.